The zero-order valence-electron chi connectivity index (χ0n) is 22.8. The van der Waals surface area contributed by atoms with Gasteiger partial charge in [0.1, 0.15) is 18.3 Å². The molecule has 0 radical (unpaired) electrons. The Bertz CT molecular complexity index is 1410. The maximum atomic E-state index is 14.0. The van der Waals surface area contributed by atoms with Gasteiger partial charge < -0.3 is 15.0 Å². The molecule has 4 rings (SSSR count). The Morgan fingerprint density at radius 3 is 2.41 bits per heavy atom. The fourth-order valence-corrected chi connectivity index (χ4v) is 6.14. The van der Waals surface area contributed by atoms with Crippen LogP contribution in [0.25, 0.3) is 10.8 Å². The first-order valence-electron chi connectivity index (χ1n) is 13.4. The van der Waals surface area contributed by atoms with E-state index in [1.165, 1.54) is 4.90 Å². The summed E-state index contributed by atoms with van der Waals surface area (Å²) in [7, 11) is -2.26. The first-order valence-corrected chi connectivity index (χ1v) is 15.2. The van der Waals surface area contributed by atoms with Crippen molar-refractivity contribution in [2.45, 2.75) is 57.7 Å². The molecule has 2 amide bonds. The van der Waals surface area contributed by atoms with Crippen LogP contribution in [0, 0.1) is 0 Å². The second-order valence-corrected chi connectivity index (χ2v) is 12.0. The molecule has 0 aromatic heterocycles. The Labute approximate surface area is 231 Å². The van der Waals surface area contributed by atoms with E-state index in [1.807, 2.05) is 61.5 Å². The van der Waals surface area contributed by atoms with Crippen LogP contribution in [0.4, 0.5) is 5.69 Å². The minimum absolute atomic E-state index is 0.100. The summed E-state index contributed by atoms with van der Waals surface area (Å²) in [6.45, 7) is 1.58. The minimum atomic E-state index is -3.83. The number of carbonyl (C=O) groups excluding carboxylic acids is 2. The van der Waals surface area contributed by atoms with Crippen molar-refractivity contribution in [3.05, 3.63) is 72.3 Å². The summed E-state index contributed by atoms with van der Waals surface area (Å²) in [5.74, 6) is -0.0295. The van der Waals surface area contributed by atoms with Gasteiger partial charge in [0.05, 0.1) is 19.1 Å². The number of nitrogens with zero attached hydrogens (tertiary/aromatic N) is 2. The van der Waals surface area contributed by atoms with E-state index in [0.717, 1.165) is 52.6 Å². The van der Waals surface area contributed by atoms with Crippen LogP contribution in [0.1, 0.15) is 44.6 Å². The van der Waals surface area contributed by atoms with Crippen molar-refractivity contribution in [1.29, 1.82) is 0 Å². The second kappa shape index (κ2) is 12.5. The van der Waals surface area contributed by atoms with Gasteiger partial charge in [-0.25, -0.2) is 8.42 Å². The Hall–Kier alpha value is -3.59. The topological polar surface area (TPSA) is 96.0 Å². The molecule has 1 N–H and O–H groups in total. The van der Waals surface area contributed by atoms with Gasteiger partial charge in [0.25, 0.3) is 0 Å². The van der Waals surface area contributed by atoms with Gasteiger partial charge in [-0.3, -0.25) is 13.9 Å². The molecule has 9 heteroatoms. The third-order valence-electron chi connectivity index (χ3n) is 7.29. The molecule has 8 nitrogen and oxygen atoms in total. The van der Waals surface area contributed by atoms with Crippen molar-refractivity contribution in [2.24, 2.45) is 0 Å². The van der Waals surface area contributed by atoms with Crippen LogP contribution < -0.4 is 14.4 Å². The van der Waals surface area contributed by atoms with Gasteiger partial charge >= 0.3 is 0 Å². The van der Waals surface area contributed by atoms with Crippen molar-refractivity contribution in [3.63, 3.8) is 0 Å². The largest absolute Gasteiger partial charge is 0.497 e. The van der Waals surface area contributed by atoms with Crippen LogP contribution in [0.2, 0.25) is 0 Å². The molecule has 1 aliphatic rings. The molecule has 1 aliphatic carbocycles. The molecular weight excluding hydrogens is 514 g/mol. The number of carbonyl (C=O) groups is 2. The number of hydrogen-bond donors (Lipinski definition) is 1. The van der Waals surface area contributed by atoms with Crippen molar-refractivity contribution in [2.75, 3.05) is 24.2 Å². The standard InChI is InChI=1S/C30H37N3O5S/c1-4-27(30(35)31-24-14-6-7-15-24)32(20-22-11-9-16-25(19-22)38-2)29(34)21-33(39(3,36)37)28-18-10-13-23-12-5-8-17-26(23)28/h5,8-13,16-19,24,27H,4,6-7,14-15,20-21H2,1-3H3,(H,31,35)/t27-/m1/s1. The van der Waals surface area contributed by atoms with Gasteiger partial charge in [-0.15, -0.1) is 0 Å². The monoisotopic (exact) mass is 551 g/mol. The molecule has 0 saturated heterocycles. The highest BCUT2D eigenvalue weighted by Gasteiger charge is 2.33. The first-order chi connectivity index (χ1) is 18.7. The fourth-order valence-electron chi connectivity index (χ4n) is 5.28. The van der Waals surface area contributed by atoms with Crippen LogP contribution in [0.3, 0.4) is 0 Å². The molecular formula is C30H37N3O5S. The van der Waals surface area contributed by atoms with E-state index < -0.39 is 28.5 Å². The van der Waals surface area contributed by atoms with E-state index in [0.29, 0.717) is 17.9 Å². The zero-order chi connectivity index (χ0) is 28.0. The highest BCUT2D eigenvalue weighted by molar-refractivity contribution is 7.92. The third kappa shape index (κ3) is 6.89. The van der Waals surface area contributed by atoms with Gasteiger partial charge in [-0.05, 0) is 48.4 Å². The minimum Gasteiger partial charge on any atom is -0.497 e. The molecule has 208 valence electrons. The normalized spacial score (nSPS) is 14.6. The number of sulfonamides is 1. The molecule has 0 heterocycles. The lowest BCUT2D eigenvalue weighted by Crippen LogP contribution is -2.53. The second-order valence-electron chi connectivity index (χ2n) is 10.1. The number of fused-ring (bicyclic) bond motifs is 1. The molecule has 0 spiro atoms. The lowest BCUT2D eigenvalue weighted by molar-refractivity contribution is -0.140. The van der Waals surface area contributed by atoms with E-state index in [4.69, 9.17) is 4.74 Å². The SMILES string of the molecule is CC[C@H](C(=O)NC1CCCC1)N(Cc1cccc(OC)c1)C(=O)CN(c1cccc2ccccc12)S(C)(=O)=O. The Morgan fingerprint density at radius 2 is 1.72 bits per heavy atom. The van der Waals surface area contributed by atoms with Crippen LogP contribution in [0.5, 0.6) is 5.75 Å². The Morgan fingerprint density at radius 1 is 1.03 bits per heavy atom. The average Bonchev–Trinajstić information content (AvgIpc) is 3.43. The summed E-state index contributed by atoms with van der Waals surface area (Å²) >= 11 is 0. The predicted octanol–water partition coefficient (Wildman–Crippen LogP) is 4.48. The molecule has 3 aromatic rings. The maximum absolute atomic E-state index is 14.0. The van der Waals surface area contributed by atoms with E-state index in [-0.39, 0.29) is 18.5 Å². The van der Waals surface area contributed by atoms with Crippen molar-refractivity contribution < 1.29 is 22.7 Å². The quantitative estimate of drug-likeness (QED) is 0.379. The van der Waals surface area contributed by atoms with Crippen LogP contribution in [-0.2, 0) is 26.2 Å². The molecule has 39 heavy (non-hydrogen) atoms. The summed E-state index contributed by atoms with van der Waals surface area (Å²) in [4.78, 5) is 29.0. The highest BCUT2D eigenvalue weighted by atomic mass is 32.2. The number of methoxy groups -OCH3 is 1. The first kappa shape index (κ1) is 28.4. The summed E-state index contributed by atoms with van der Waals surface area (Å²) < 4.78 is 32.6. The Balaban J connectivity index is 1.69. The van der Waals surface area contributed by atoms with Crippen LogP contribution >= 0.6 is 0 Å². The number of anilines is 1. The maximum Gasteiger partial charge on any atom is 0.244 e. The van der Waals surface area contributed by atoms with Crippen LogP contribution in [-0.4, -0.2) is 57.1 Å². The third-order valence-corrected chi connectivity index (χ3v) is 8.42. The predicted molar refractivity (Wildman–Crippen MR) is 154 cm³/mol. The summed E-state index contributed by atoms with van der Waals surface area (Å²) in [6.07, 6.45) is 5.48. The molecule has 1 atom stereocenters. The van der Waals surface area contributed by atoms with E-state index in [9.17, 15) is 18.0 Å². The van der Waals surface area contributed by atoms with E-state index in [2.05, 4.69) is 5.32 Å². The molecule has 1 saturated carbocycles. The van der Waals surface area contributed by atoms with Gasteiger partial charge in [-0.2, -0.15) is 0 Å². The number of rotatable bonds is 11. The van der Waals surface area contributed by atoms with Crippen molar-refractivity contribution in [3.8, 4) is 5.75 Å². The summed E-state index contributed by atoms with van der Waals surface area (Å²) in [5, 5.41) is 4.72. The molecule has 1 fully saturated rings. The van der Waals surface area contributed by atoms with Gasteiger partial charge in [-0.1, -0.05) is 68.3 Å². The summed E-state index contributed by atoms with van der Waals surface area (Å²) in [5.41, 5.74) is 1.21. The van der Waals surface area contributed by atoms with Gasteiger partial charge in [0.15, 0.2) is 0 Å². The van der Waals surface area contributed by atoms with E-state index >= 15 is 0 Å². The van der Waals surface area contributed by atoms with Gasteiger partial charge in [0, 0.05) is 18.0 Å². The van der Waals surface area contributed by atoms with Crippen molar-refractivity contribution in [1.82, 2.24) is 10.2 Å². The molecule has 0 bridgehead atoms. The van der Waals surface area contributed by atoms with Crippen LogP contribution in [0.15, 0.2) is 66.7 Å². The smallest absolute Gasteiger partial charge is 0.244 e. The number of nitrogens with one attached hydrogen (secondary N) is 1. The number of amides is 2. The van der Waals surface area contributed by atoms with Crippen molar-refractivity contribution >= 4 is 38.3 Å². The molecule has 0 unspecified atom stereocenters. The number of ether oxygens (including phenoxy) is 1. The fraction of sp³-hybridized carbons (Fsp3) is 0.400. The summed E-state index contributed by atoms with van der Waals surface area (Å²) in [6, 6.07) is 19.5. The molecule has 0 aliphatic heterocycles. The lowest BCUT2D eigenvalue weighted by atomic mass is 10.1. The molecule has 3 aromatic carbocycles. The zero-order valence-corrected chi connectivity index (χ0v) is 23.6. The average molecular weight is 552 g/mol. The number of benzene rings is 3. The Kier molecular flexibility index (Phi) is 9.12. The van der Waals surface area contributed by atoms with Gasteiger partial charge in [0.2, 0.25) is 21.8 Å². The highest BCUT2D eigenvalue weighted by Crippen LogP contribution is 2.29. The number of hydrogen-bond acceptors (Lipinski definition) is 5. The van der Waals surface area contributed by atoms with E-state index in [1.54, 1.807) is 19.2 Å². The lowest BCUT2D eigenvalue weighted by Gasteiger charge is -2.33.